The van der Waals surface area contributed by atoms with Crippen LogP contribution in [0.5, 0.6) is 0 Å². The summed E-state index contributed by atoms with van der Waals surface area (Å²) >= 11 is 2.72. The zero-order valence-electron chi connectivity index (χ0n) is 16.7. The molecule has 32 heavy (non-hydrogen) atoms. The number of thioether (sulfide) groups is 1. The molecule has 0 unspecified atom stereocenters. The first kappa shape index (κ1) is 21.7. The summed E-state index contributed by atoms with van der Waals surface area (Å²) in [6, 6.07) is 19.2. The number of benzene rings is 3. The Kier molecular flexibility index (Phi) is 6.29. The summed E-state index contributed by atoms with van der Waals surface area (Å²) in [5.74, 6) is -0.660. The minimum Gasteiger partial charge on any atom is -0.298 e. The molecular formula is C23H16FN3O3S2. The summed E-state index contributed by atoms with van der Waals surface area (Å²) in [5, 5.41) is 14.2. The molecule has 1 N–H and O–H groups in total. The van der Waals surface area contributed by atoms with E-state index in [9.17, 15) is 19.3 Å². The maximum Gasteiger partial charge on any atom is 0.269 e. The second kappa shape index (κ2) is 9.29. The number of thiazole rings is 1. The van der Waals surface area contributed by atoms with Gasteiger partial charge >= 0.3 is 0 Å². The number of anilines is 1. The van der Waals surface area contributed by atoms with Gasteiger partial charge in [0.2, 0.25) is 0 Å². The van der Waals surface area contributed by atoms with Gasteiger partial charge in [-0.05, 0) is 60.4 Å². The van der Waals surface area contributed by atoms with E-state index in [1.54, 1.807) is 36.4 Å². The number of rotatable bonds is 6. The van der Waals surface area contributed by atoms with Crippen molar-refractivity contribution in [2.45, 2.75) is 4.90 Å². The zero-order chi connectivity index (χ0) is 22.7. The first-order valence-corrected chi connectivity index (χ1v) is 11.5. The monoisotopic (exact) mass is 465 g/mol. The van der Waals surface area contributed by atoms with E-state index in [0.29, 0.717) is 32.4 Å². The number of nitro groups is 1. The lowest BCUT2D eigenvalue weighted by Crippen LogP contribution is -2.12. The lowest BCUT2D eigenvalue weighted by Gasteiger charge is -2.06. The van der Waals surface area contributed by atoms with Gasteiger partial charge in [0, 0.05) is 22.6 Å². The summed E-state index contributed by atoms with van der Waals surface area (Å²) < 4.78 is 13.4. The van der Waals surface area contributed by atoms with Crippen LogP contribution in [0.1, 0.15) is 10.4 Å². The van der Waals surface area contributed by atoms with Crippen LogP contribution in [0.2, 0.25) is 0 Å². The van der Waals surface area contributed by atoms with E-state index < -0.39 is 4.92 Å². The topological polar surface area (TPSA) is 85.1 Å². The van der Waals surface area contributed by atoms with Crippen molar-refractivity contribution >= 4 is 39.8 Å². The van der Waals surface area contributed by atoms with Gasteiger partial charge in [0.1, 0.15) is 5.82 Å². The summed E-state index contributed by atoms with van der Waals surface area (Å²) in [6.45, 7) is 0. The normalized spacial score (nSPS) is 10.7. The van der Waals surface area contributed by atoms with Crippen LogP contribution in [0, 0.1) is 15.9 Å². The summed E-state index contributed by atoms with van der Waals surface area (Å²) in [7, 11) is 0. The first-order valence-electron chi connectivity index (χ1n) is 9.42. The van der Waals surface area contributed by atoms with Crippen molar-refractivity contribution in [3.8, 4) is 21.7 Å². The predicted molar refractivity (Wildman–Crippen MR) is 126 cm³/mol. The Hall–Kier alpha value is -3.56. The molecule has 4 rings (SSSR count). The second-order valence-electron chi connectivity index (χ2n) is 6.66. The van der Waals surface area contributed by atoms with E-state index >= 15 is 0 Å². The van der Waals surface area contributed by atoms with Crippen molar-refractivity contribution in [1.82, 2.24) is 4.98 Å². The average molecular weight is 466 g/mol. The molecule has 0 fully saturated rings. The maximum absolute atomic E-state index is 13.4. The van der Waals surface area contributed by atoms with Crippen molar-refractivity contribution in [2.24, 2.45) is 0 Å². The van der Waals surface area contributed by atoms with Crippen LogP contribution in [0.25, 0.3) is 21.7 Å². The van der Waals surface area contributed by atoms with Gasteiger partial charge in [0.15, 0.2) is 5.13 Å². The van der Waals surface area contributed by atoms with E-state index in [-0.39, 0.29) is 17.4 Å². The SMILES string of the molecule is CSc1ccccc1C(=O)Nc1nc(-c2ccc(F)cc2)c(-c2ccc([N+](=O)[O-])cc2)s1. The van der Waals surface area contributed by atoms with Gasteiger partial charge in [0.05, 0.1) is 21.1 Å². The average Bonchev–Trinajstić information content (AvgIpc) is 3.23. The van der Waals surface area contributed by atoms with E-state index in [4.69, 9.17) is 0 Å². The van der Waals surface area contributed by atoms with E-state index in [2.05, 4.69) is 10.3 Å². The number of non-ortho nitro benzene ring substituents is 1. The highest BCUT2D eigenvalue weighted by molar-refractivity contribution is 7.98. The molecule has 0 saturated heterocycles. The van der Waals surface area contributed by atoms with Crippen LogP contribution >= 0.6 is 23.1 Å². The predicted octanol–water partition coefficient (Wildman–Crippen LogP) is 6.50. The standard InChI is InChI=1S/C23H16FN3O3S2/c1-31-19-5-3-2-4-18(19)22(28)26-23-25-20(14-6-10-16(24)11-7-14)21(32-23)15-8-12-17(13-9-15)27(29)30/h2-13H,1H3,(H,25,26,28). The molecule has 0 aliphatic rings. The molecule has 0 bridgehead atoms. The minimum absolute atomic E-state index is 0.0243. The van der Waals surface area contributed by atoms with Gasteiger partial charge in [-0.1, -0.05) is 23.5 Å². The minimum atomic E-state index is -0.466. The lowest BCUT2D eigenvalue weighted by molar-refractivity contribution is -0.384. The highest BCUT2D eigenvalue weighted by atomic mass is 32.2. The number of nitro benzene ring substituents is 1. The Balaban J connectivity index is 1.74. The molecule has 1 heterocycles. The third kappa shape index (κ3) is 4.53. The number of nitrogens with zero attached hydrogens (tertiary/aromatic N) is 2. The Morgan fingerprint density at radius 1 is 1.03 bits per heavy atom. The smallest absolute Gasteiger partial charge is 0.269 e. The number of amides is 1. The molecule has 0 spiro atoms. The molecule has 1 amide bonds. The van der Waals surface area contributed by atoms with Gasteiger partial charge in [0.25, 0.3) is 11.6 Å². The van der Waals surface area contributed by atoms with E-state index in [1.807, 2.05) is 18.4 Å². The molecule has 9 heteroatoms. The van der Waals surface area contributed by atoms with E-state index in [0.717, 1.165) is 4.90 Å². The van der Waals surface area contributed by atoms with Gasteiger partial charge in [-0.15, -0.1) is 11.8 Å². The van der Waals surface area contributed by atoms with Gasteiger partial charge < -0.3 is 0 Å². The van der Waals surface area contributed by atoms with Crippen LogP contribution in [0.4, 0.5) is 15.2 Å². The molecule has 160 valence electrons. The quantitative estimate of drug-likeness (QED) is 0.200. The molecule has 0 aliphatic heterocycles. The van der Waals surface area contributed by atoms with Gasteiger partial charge in [-0.25, -0.2) is 9.37 Å². The van der Waals surface area contributed by atoms with Crippen molar-refractivity contribution < 1.29 is 14.1 Å². The summed E-state index contributed by atoms with van der Waals surface area (Å²) in [5.41, 5.74) is 2.44. The van der Waals surface area contributed by atoms with Crippen LogP contribution in [-0.4, -0.2) is 22.1 Å². The van der Waals surface area contributed by atoms with Crippen molar-refractivity contribution in [3.05, 3.63) is 94.3 Å². The highest BCUT2D eigenvalue weighted by Crippen LogP contribution is 2.40. The van der Waals surface area contributed by atoms with Crippen molar-refractivity contribution in [3.63, 3.8) is 0 Å². The van der Waals surface area contributed by atoms with Gasteiger partial charge in [-0.3, -0.25) is 20.2 Å². The fraction of sp³-hybridized carbons (Fsp3) is 0.0435. The maximum atomic E-state index is 13.4. The van der Waals surface area contributed by atoms with Crippen molar-refractivity contribution in [1.29, 1.82) is 0 Å². The van der Waals surface area contributed by atoms with Crippen LogP contribution in [0.3, 0.4) is 0 Å². The number of hydrogen-bond acceptors (Lipinski definition) is 6. The molecule has 4 aromatic rings. The Morgan fingerprint density at radius 3 is 2.34 bits per heavy atom. The Morgan fingerprint density at radius 2 is 1.69 bits per heavy atom. The molecule has 0 radical (unpaired) electrons. The largest absolute Gasteiger partial charge is 0.298 e. The third-order valence-corrected chi connectivity index (χ3v) is 6.47. The number of halogens is 1. The zero-order valence-corrected chi connectivity index (χ0v) is 18.4. The summed E-state index contributed by atoms with van der Waals surface area (Å²) in [4.78, 5) is 29.5. The Bertz CT molecular complexity index is 1290. The number of nitrogens with one attached hydrogen (secondary N) is 1. The molecule has 0 aliphatic carbocycles. The molecule has 0 atom stereocenters. The molecule has 0 saturated carbocycles. The summed E-state index contributed by atoms with van der Waals surface area (Å²) in [6.07, 6.45) is 1.90. The fourth-order valence-corrected chi connectivity index (χ4v) is 4.69. The van der Waals surface area contributed by atoms with Crippen LogP contribution in [-0.2, 0) is 0 Å². The second-order valence-corrected chi connectivity index (χ2v) is 8.51. The first-order chi connectivity index (χ1) is 15.5. The number of aromatic nitrogens is 1. The number of carbonyl (C=O) groups is 1. The van der Waals surface area contributed by atoms with Crippen molar-refractivity contribution in [2.75, 3.05) is 11.6 Å². The molecular weight excluding hydrogens is 449 g/mol. The van der Waals surface area contributed by atoms with Crippen LogP contribution in [0.15, 0.2) is 77.7 Å². The van der Waals surface area contributed by atoms with Gasteiger partial charge in [-0.2, -0.15) is 0 Å². The fourth-order valence-electron chi connectivity index (χ4n) is 3.10. The van der Waals surface area contributed by atoms with Crippen LogP contribution < -0.4 is 5.32 Å². The number of carbonyl (C=O) groups excluding carboxylic acids is 1. The molecule has 3 aromatic carbocycles. The van der Waals surface area contributed by atoms with E-state index in [1.165, 1.54) is 47.4 Å². The number of hydrogen-bond donors (Lipinski definition) is 1. The molecule has 6 nitrogen and oxygen atoms in total. The lowest BCUT2D eigenvalue weighted by atomic mass is 10.1. The Labute approximate surface area is 191 Å². The highest BCUT2D eigenvalue weighted by Gasteiger charge is 2.19. The third-order valence-electron chi connectivity index (χ3n) is 4.66. The molecule has 1 aromatic heterocycles.